The molecule has 0 spiro atoms. The second-order valence-corrected chi connectivity index (χ2v) is 5.03. The van der Waals surface area contributed by atoms with Crippen LogP contribution in [0.3, 0.4) is 0 Å². The van der Waals surface area contributed by atoms with Crippen molar-refractivity contribution in [2.45, 2.75) is 26.4 Å². The van der Waals surface area contributed by atoms with Crippen LogP contribution in [0.1, 0.15) is 35.7 Å². The largest absolute Gasteiger partial charge is 0.491 e. The number of Topliss-reactive ketones (excluding diaryl/α,β-unsaturated/α-hetero) is 1. The van der Waals surface area contributed by atoms with Crippen molar-refractivity contribution in [3.05, 3.63) is 47.8 Å². The van der Waals surface area contributed by atoms with Crippen molar-refractivity contribution in [3.63, 3.8) is 0 Å². The van der Waals surface area contributed by atoms with Gasteiger partial charge in [0.05, 0.1) is 6.61 Å². The van der Waals surface area contributed by atoms with Crippen LogP contribution >= 0.6 is 0 Å². The van der Waals surface area contributed by atoms with Crippen LogP contribution in [-0.2, 0) is 11.3 Å². The van der Waals surface area contributed by atoms with Gasteiger partial charge in [0.15, 0.2) is 5.78 Å². The topological polar surface area (TPSA) is 51.5 Å². The molecule has 3 rings (SSSR count). The molecular formula is C15H16BNO3. The van der Waals surface area contributed by atoms with Gasteiger partial charge in [0.2, 0.25) is 0 Å². The Labute approximate surface area is 118 Å². The Bertz CT molecular complexity index is 650. The molecule has 0 aliphatic carbocycles. The third kappa shape index (κ3) is 2.30. The van der Waals surface area contributed by atoms with Crippen LogP contribution < -0.4 is 5.46 Å². The first-order chi connectivity index (χ1) is 9.69. The number of aromatic nitrogens is 1. The Kier molecular flexibility index (Phi) is 3.46. The van der Waals surface area contributed by atoms with Gasteiger partial charge >= 0.3 is 7.12 Å². The van der Waals surface area contributed by atoms with E-state index in [0.717, 1.165) is 28.7 Å². The zero-order valence-corrected chi connectivity index (χ0v) is 11.4. The van der Waals surface area contributed by atoms with E-state index in [1.165, 1.54) is 0 Å². The smallest absolute Gasteiger partial charge is 0.423 e. The Balaban J connectivity index is 1.90. The van der Waals surface area contributed by atoms with Gasteiger partial charge in [-0.2, -0.15) is 0 Å². The second kappa shape index (κ2) is 5.27. The van der Waals surface area contributed by atoms with E-state index in [9.17, 15) is 9.82 Å². The van der Waals surface area contributed by atoms with Crippen molar-refractivity contribution in [3.8, 4) is 5.69 Å². The lowest BCUT2D eigenvalue weighted by molar-refractivity contribution is 0.0982. The van der Waals surface area contributed by atoms with E-state index >= 15 is 0 Å². The van der Waals surface area contributed by atoms with Gasteiger partial charge in [0.25, 0.3) is 0 Å². The lowest BCUT2D eigenvalue weighted by atomic mass is 9.79. The van der Waals surface area contributed by atoms with E-state index in [1.54, 1.807) is 0 Å². The standard InChI is InChI=1S/C15H16BNO3/c1-2-3-15(18)11-6-7-17(9-11)13-5-4-12-10-20-16(19)14(12)8-13/h4-9,19H,2-3,10H2,1H3. The Morgan fingerprint density at radius 2 is 2.30 bits per heavy atom. The lowest BCUT2D eigenvalue weighted by Gasteiger charge is -2.05. The highest BCUT2D eigenvalue weighted by Crippen LogP contribution is 2.16. The molecule has 1 aromatic heterocycles. The third-order valence-electron chi connectivity index (χ3n) is 3.58. The summed E-state index contributed by atoms with van der Waals surface area (Å²) in [6.45, 7) is 2.44. The average molecular weight is 269 g/mol. The average Bonchev–Trinajstić information content (AvgIpc) is 3.06. The van der Waals surface area contributed by atoms with Crippen LogP contribution in [0.15, 0.2) is 36.7 Å². The Hall–Kier alpha value is -1.85. The first-order valence-electron chi connectivity index (χ1n) is 6.83. The van der Waals surface area contributed by atoms with E-state index in [4.69, 9.17) is 4.65 Å². The molecule has 1 aliphatic rings. The molecule has 102 valence electrons. The van der Waals surface area contributed by atoms with Gasteiger partial charge in [-0.3, -0.25) is 4.79 Å². The van der Waals surface area contributed by atoms with Gasteiger partial charge in [-0.1, -0.05) is 13.0 Å². The van der Waals surface area contributed by atoms with Crippen LogP contribution in [0, 0.1) is 0 Å². The highest BCUT2D eigenvalue weighted by molar-refractivity contribution is 6.61. The number of carbonyl (C=O) groups is 1. The van der Waals surface area contributed by atoms with Gasteiger partial charge in [-0.25, -0.2) is 0 Å². The minimum absolute atomic E-state index is 0.163. The first kappa shape index (κ1) is 13.2. The summed E-state index contributed by atoms with van der Waals surface area (Å²) in [6.07, 6.45) is 5.13. The molecule has 0 unspecified atom stereocenters. The summed E-state index contributed by atoms with van der Waals surface area (Å²) in [4.78, 5) is 11.9. The quantitative estimate of drug-likeness (QED) is 0.678. The number of benzene rings is 1. The molecule has 2 heterocycles. The van der Waals surface area contributed by atoms with Crippen molar-refractivity contribution in [2.24, 2.45) is 0 Å². The molecule has 0 atom stereocenters. The fourth-order valence-corrected chi connectivity index (χ4v) is 2.46. The van der Waals surface area contributed by atoms with E-state index in [1.807, 2.05) is 48.1 Å². The minimum Gasteiger partial charge on any atom is -0.423 e. The zero-order valence-electron chi connectivity index (χ0n) is 11.4. The number of ketones is 1. The number of fused-ring (bicyclic) bond motifs is 1. The second-order valence-electron chi connectivity index (χ2n) is 5.03. The molecule has 0 radical (unpaired) electrons. The van der Waals surface area contributed by atoms with Crippen molar-refractivity contribution < 1.29 is 14.5 Å². The number of rotatable bonds is 4. The molecule has 0 saturated heterocycles. The van der Waals surface area contributed by atoms with Crippen LogP contribution in [-0.4, -0.2) is 22.5 Å². The van der Waals surface area contributed by atoms with E-state index in [-0.39, 0.29) is 5.78 Å². The summed E-state index contributed by atoms with van der Waals surface area (Å²) in [5.74, 6) is 0.163. The summed E-state index contributed by atoms with van der Waals surface area (Å²) >= 11 is 0. The maximum atomic E-state index is 11.9. The minimum atomic E-state index is -0.846. The molecule has 0 bridgehead atoms. The Morgan fingerprint density at radius 1 is 1.45 bits per heavy atom. The summed E-state index contributed by atoms with van der Waals surface area (Å²) in [7, 11) is -0.846. The van der Waals surface area contributed by atoms with E-state index in [2.05, 4.69) is 0 Å². The predicted octanol–water partition coefficient (Wildman–Crippen LogP) is 1.68. The summed E-state index contributed by atoms with van der Waals surface area (Å²) in [5, 5.41) is 9.73. The van der Waals surface area contributed by atoms with Crippen LogP contribution in [0.5, 0.6) is 0 Å². The highest BCUT2D eigenvalue weighted by Gasteiger charge is 2.27. The summed E-state index contributed by atoms with van der Waals surface area (Å²) in [6, 6.07) is 7.65. The van der Waals surface area contributed by atoms with E-state index < -0.39 is 7.12 Å². The monoisotopic (exact) mass is 269 g/mol. The SMILES string of the molecule is CCCC(=O)c1ccn(-c2ccc3c(c2)B(O)OC3)c1. The molecular weight excluding hydrogens is 253 g/mol. The summed E-state index contributed by atoms with van der Waals surface area (Å²) in [5.41, 5.74) is 3.46. The fraction of sp³-hybridized carbons (Fsp3) is 0.267. The van der Waals surface area contributed by atoms with Crippen molar-refractivity contribution in [2.75, 3.05) is 0 Å². The molecule has 1 aliphatic heterocycles. The van der Waals surface area contributed by atoms with Crippen LogP contribution in [0.25, 0.3) is 5.69 Å². The third-order valence-corrected chi connectivity index (χ3v) is 3.58. The summed E-state index contributed by atoms with van der Waals surface area (Å²) < 4.78 is 7.08. The van der Waals surface area contributed by atoms with Crippen molar-refractivity contribution >= 4 is 18.4 Å². The van der Waals surface area contributed by atoms with Gasteiger partial charge in [0.1, 0.15) is 0 Å². The number of hydrogen-bond acceptors (Lipinski definition) is 3. The molecule has 1 N–H and O–H groups in total. The number of carbonyl (C=O) groups excluding carboxylic acids is 1. The van der Waals surface area contributed by atoms with Crippen LogP contribution in [0.2, 0.25) is 0 Å². The normalized spacial score (nSPS) is 13.6. The molecule has 0 saturated carbocycles. The molecule has 1 aromatic carbocycles. The van der Waals surface area contributed by atoms with Gasteiger partial charge in [-0.15, -0.1) is 0 Å². The molecule has 0 amide bonds. The van der Waals surface area contributed by atoms with Crippen molar-refractivity contribution in [1.82, 2.24) is 4.57 Å². The van der Waals surface area contributed by atoms with E-state index in [0.29, 0.717) is 13.0 Å². The molecule has 0 fully saturated rings. The van der Waals surface area contributed by atoms with Gasteiger partial charge in [-0.05, 0) is 35.6 Å². The maximum Gasteiger partial charge on any atom is 0.491 e. The molecule has 4 nitrogen and oxygen atoms in total. The highest BCUT2D eigenvalue weighted by atomic mass is 16.5. The Morgan fingerprint density at radius 3 is 3.10 bits per heavy atom. The van der Waals surface area contributed by atoms with Crippen LogP contribution in [0.4, 0.5) is 0 Å². The van der Waals surface area contributed by atoms with Crippen molar-refractivity contribution in [1.29, 1.82) is 0 Å². The number of nitrogens with zero attached hydrogens (tertiary/aromatic N) is 1. The maximum absolute atomic E-state index is 11.9. The molecule has 20 heavy (non-hydrogen) atoms. The molecule has 2 aromatic rings. The predicted molar refractivity (Wildman–Crippen MR) is 77.4 cm³/mol. The fourth-order valence-electron chi connectivity index (χ4n) is 2.46. The first-order valence-corrected chi connectivity index (χ1v) is 6.83. The lowest BCUT2D eigenvalue weighted by Crippen LogP contribution is -2.28. The van der Waals surface area contributed by atoms with Gasteiger partial charge < -0.3 is 14.2 Å². The van der Waals surface area contributed by atoms with Gasteiger partial charge in [0, 0.05) is 30.1 Å². The zero-order chi connectivity index (χ0) is 14.1. The number of hydrogen-bond donors (Lipinski definition) is 1. The molecule has 5 heteroatoms.